The van der Waals surface area contributed by atoms with Crippen molar-refractivity contribution >= 4 is 17.4 Å². The van der Waals surface area contributed by atoms with Crippen LogP contribution in [0.1, 0.15) is 17.7 Å². The summed E-state index contributed by atoms with van der Waals surface area (Å²) in [6, 6.07) is 5.77. The maximum Gasteiger partial charge on any atom is 0.573 e. The lowest BCUT2D eigenvalue weighted by Crippen LogP contribution is -2.36. The second-order valence-corrected chi connectivity index (χ2v) is 5.73. The van der Waals surface area contributed by atoms with E-state index >= 15 is 0 Å². The summed E-state index contributed by atoms with van der Waals surface area (Å²) in [6.07, 6.45) is -3.36. The Morgan fingerprint density at radius 1 is 1.40 bits per heavy atom. The molecule has 6 nitrogen and oxygen atoms in total. The number of alkyl halides is 3. The number of carbonyl (C=O) groups excluding carboxylic acids is 1. The van der Waals surface area contributed by atoms with Gasteiger partial charge in [-0.25, -0.2) is 0 Å². The van der Waals surface area contributed by atoms with Crippen molar-refractivity contribution in [3.8, 4) is 5.75 Å². The maximum absolute atomic E-state index is 12.3. The zero-order chi connectivity index (χ0) is 18.0. The topological polar surface area (TPSA) is 67.6 Å². The van der Waals surface area contributed by atoms with E-state index in [4.69, 9.17) is 4.52 Å². The second kappa shape index (κ2) is 6.66. The number of fused-ring (bicyclic) bond motifs is 1. The molecule has 2 aromatic rings. The molecular formula is C16H16F3N3O3. The van der Waals surface area contributed by atoms with Gasteiger partial charge in [0, 0.05) is 18.3 Å². The van der Waals surface area contributed by atoms with Crippen LogP contribution in [0.2, 0.25) is 0 Å². The van der Waals surface area contributed by atoms with E-state index in [1.165, 1.54) is 12.1 Å². The van der Waals surface area contributed by atoms with Gasteiger partial charge in [-0.3, -0.25) is 4.79 Å². The zero-order valence-electron chi connectivity index (χ0n) is 13.4. The highest BCUT2D eigenvalue weighted by Crippen LogP contribution is 2.32. The normalized spacial score (nSPS) is 14.2. The van der Waals surface area contributed by atoms with E-state index in [0.717, 1.165) is 17.7 Å². The zero-order valence-corrected chi connectivity index (χ0v) is 13.4. The Kier molecular flexibility index (Phi) is 4.56. The fourth-order valence-corrected chi connectivity index (χ4v) is 2.79. The summed E-state index contributed by atoms with van der Waals surface area (Å²) in [7, 11) is 0. The highest BCUT2D eigenvalue weighted by molar-refractivity contribution is 5.93. The average Bonchev–Trinajstić information content (AvgIpc) is 2.90. The summed E-state index contributed by atoms with van der Waals surface area (Å²) in [5.74, 6) is 0.372. The number of halogens is 3. The standard InChI is InChI=1S/C16H16F3N3O3/c1-10-7-14(21-25-10)20-15(23)9-22-6-2-3-11-8-12(4-5-13(11)22)24-16(17,18)19/h4-5,7-8H,2-3,6,9H2,1H3,(H,20,21,23). The number of ether oxygens (including phenoxy) is 1. The number of nitrogens with one attached hydrogen (secondary N) is 1. The van der Waals surface area contributed by atoms with Gasteiger partial charge in [0.25, 0.3) is 0 Å². The number of amides is 1. The van der Waals surface area contributed by atoms with Crippen LogP contribution in [0.15, 0.2) is 28.8 Å². The van der Waals surface area contributed by atoms with E-state index in [9.17, 15) is 18.0 Å². The number of carbonyl (C=O) groups is 1. The van der Waals surface area contributed by atoms with E-state index in [1.807, 2.05) is 4.90 Å². The summed E-state index contributed by atoms with van der Waals surface area (Å²) < 4.78 is 45.8. The molecule has 3 rings (SSSR count). The molecule has 134 valence electrons. The molecular weight excluding hydrogens is 339 g/mol. The Hall–Kier alpha value is -2.71. The van der Waals surface area contributed by atoms with Crippen LogP contribution in [0, 0.1) is 6.92 Å². The smallest absolute Gasteiger partial charge is 0.406 e. The molecule has 0 atom stereocenters. The van der Waals surface area contributed by atoms with E-state index in [0.29, 0.717) is 24.5 Å². The van der Waals surface area contributed by atoms with Gasteiger partial charge in [0.15, 0.2) is 5.82 Å². The molecule has 0 fully saturated rings. The van der Waals surface area contributed by atoms with Crippen LogP contribution in [-0.2, 0) is 11.2 Å². The first kappa shape index (κ1) is 17.1. The second-order valence-electron chi connectivity index (χ2n) is 5.73. The Balaban J connectivity index is 1.69. The lowest BCUT2D eigenvalue weighted by Gasteiger charge is -2.31. The van der Waals surface area contributed by atoms with Gasteiger partial charge < -0.3 is 19.5 Å². The van der Waals surface area contributed by atoms with E-state index in [-0.39, 0.29) is 18.2 Å². The number of nitrogens with zero attached hydrogens (tertiary/aromatic N) is 2. The summed E-state index contributed by atoms with van der Waals surface area (Å²) in [6.45, 7) is 2.42. The van der Waals surface area contributed by atoms with Gasteiger partial charge in [-0.2, -0.15) is 0 Å². The van der Waals surface area contributed by atoms with E-state index in [1.54, 1.807) is 19.1 Å². The number of aromatic nitrogens is 1. The van der Waals surface area contributed by atoms with Gasteiger partial charge in [-0.15, -0.1) is 13.2 Å². The highest BCUT2D eigenvalue weighted by atomic mass is 19.4. The molecule has 1 aromatic heterocycles. The van der Waals surface area contributed by atoms with Crippen LogP contribution in [-0.4, -0.2) is 30.5 Å². The number of rotatable bonds is 4. The molecule has 1 aromatic carbocycles. The van der Waals surface area contributed by atoms with Gasteiger partial charge in [-0.05, 0) is 43.5 Å². The molecule has 9 heteroatoms. The van der Waals surface area contributed by atoms with Crippen molar-refractivity contribution in [1.82, 2.24) is 5.16 Å². The van der Waals surface area contributed by atoms with Crippen LogP contribution in [0.4, 0.5) is 24.7 Å². The number of anilines is 2. The first-order valence-corrected chi connectivity index (χ1v) is 7.67. The van der Waals surface area contributed by atoms with Crippen LogP contribution in [0.3, 0.4) is 0 Å². The molecule has 1 N–H and O–H groups in total. The summed E-state index contributed by atoms with van der Waals surface area (Å²) in [4.78, 5) is 14.0. The van der Waals surface area contributed by atoms with Gasteiger partial charge in [0.2, 0.25) is 5.91 Å². The Labute approximate surface area is 141 Å². The van der Waals surface area contributed by atoms with Crippen LogP contribution >= 0.6 is 0 Å². The minimum atomic E-state index is -4.72. The quantitative estimate of drug-likeness (QED) is 0.912. The maximum atomic E-state index is 12.3. The average molecular weight is 355 g/mol. The lowest BCUT2D eigenvalue weighted by molar-refractivity contribution is -0.274. The summed E-state index contributed by atoms with van der Waals surface area (Å²) in [5, 5.41) is 6.31. The molecule has 2 heterocycles. The molecule has 0 saturated carbocycles. The van der Waals surface area contributed by atoms with Crippen molar-refractivity contribution in [1.29, 1.82) is 0 Å². The van der Waals surface area contributed by atoms with Gasteiger partial charge in [0.1, 0.15) is 11.5 Å². The largest absolute Gasteiger partial charge is 0.573 e. The van der Waals surface area contributed by atoms with Crippen LogP contribution in [0.5, 0.6) is 5.75 Å². The molecule has 0 saturated heterocycles. The van der Waals surface area contributed by atoms with Crippen LogP contribution in [0.25, 0.3) is 0 Å². The van der Waals surface area contributed by atoms with Crippen molar-refractivity contribution in [2.75, 3.05) is 23.3 Å². The first-order valence-electron chi connectivity index (χ1n) is 7.67. The molecule has 1 aliphatic heterocycles. The predicted octanol–water partition coefficient (Wildman–Crippen LogP) is 3.27. The van der Waals surface area contributed by atoms with E-state index in [2.05, 4.69) is 15.2 Å². The molecule has 0 radical (unpaired) electrons. The third-order valence-electron chi connectivity index (χ3n) is 3.73. The van der Waals surface area contributed by atoms with Crippen molar-refractivity contribution in [2.24, 2.45) is 0 Å². The first-order chi connectivity index (χ1) is 11.8. The molecule has 1 aliphatic rings. The van der Waals surface area contributed by atoms with Crippen LogP contribution < -0.4 is 15.0 Å². The van der Waals surface area contributed by atoms with Crippen molar-refractivity contribution in [3.05, 3.63) is 35.6 Å². The predicted molar refractivity (Wildman–Crippen MR) is 83.5 cm³/mol. The Morgan fingerprint density at radius 3 is 2.88 bits per heavy atom. The third kappa shape index (κ3) is 4.43. The highest BCUT2D eigenvalue weighted by Gasteiger charge is 2.31. The molecule has 1 amide bonds. The fraction of sp³-hybridized carbons (Fsp3) is 0.375. The SMILES string of the molecule is Cc1cc(NC(=O)CN2CCCc3cc(OC(F)(F)F)ccc32)no1. The van der Waals surface area contributed by atoms with Gasteiger partial charge >= 0.3 is 6.36 Å². The van der Waals surface area contributed by atoms with Crippen molar-refractivity contribution < 1.29 is 27.2 Å². The van der Waals surface area contributed by atoms with Crippen molar-refractivity contribution in [3.63, 3.8) is 0 Å². The Bertz CT molecular complexity index is 773. The molecule has 25 heavy (non-hydrogen) atoms. The minimum Gasteiger partial charge on any atom is -0.406 e. The minimum absolute atomic E-state index is 0.0678. The monoisotopic (exact) mass is 355 g/mol. The number of benzene rings is 1. The summed E-state index contributed by atoms with van der Waals surface area (Å²) >= 11 is 0. The molecule has 0 bridgehead atoms. The van der Waals surface area contributed by atoms with Gasteiger partial charge in [-0.1, -0.05) is 5.16 Å². The lowest BCUT2D eigenvalue weighted by atomic mass is 10.0. The van der Waals surface area contributed by atoms with Gasteiger partial charge in [0.05, 0.1) is 6.54 Å². The molecule has 0 unspecified atom stereocenters. The number of hydrogen-bond donors (Lipinski definition) is 1. The fourth-order valence-electron chi connectivity index (χ4n) is 2.79. The van der Waals surface area contributed by atoms with Crippen molar-refractivity contribution in [2.45, 2.75) is 26.1 Å². The number of aryl methyl sites for hydroxylation is 2. The Morgan fingerprint density at radius 2 is 2.20 bits per heavy atom. The summed E-state index contributed by atoms with van der Waals surface area (Å²) in [5.41, 5.74) is 1.45. The third-order valence-corrected chi connectivity index (χ3v) is 3.73. The molecule has 0 aliphatic carbocycles. The number of hydrogen-bond acceptors (Lipinski definition) is 5. The van der Waals surface area contributed by atoms with E-state index < -0.39 is 6.36 Å². The molecule has 0 spiro atoms.